The number of benzene rings is 1. The Morgan fingerprint density at radius 2 is 2.06 bits per heavy atom. The highest BCUT2D eigenvalue weighted by Crippen LogP contribution is 2.42. The van der Waals surface area contributed by atoms with E-state index in [9.17, 15) is 9.18 Å². The van der Waals surface area contributed by atoms with Crippen LogP contribution in [0, 0.1) is 11.2 Å². The molecule has 168 valence electrons. The molecule has 2 aliphatic heterocycles. The number of aromatic nitrogens is 2. The fraction of sp³-hybridized carbons (Fsp3) is 0.524. The second kappa shape index (κ2) is 8.33. The third kappa shape index (κ3) is 3.88. The maximum Gasteiger partial charge on any atom is 0.270 e. The first-order valence-corrected chi connectivity index (χ1v) is 11.1. The quantitative estimate of drug-likeness (QED) is 0.730. The molecule has 0 radical (unpaired) electrons. The van der Waals surface area contributed by atoms with Crippen LogP contribution < -0.4 is 26.7 Å². The second-order valence-corrected chi connectivity index (χ2v) is 9.36. The first-order chi connectivity index (χ1) is 14.8. The third-order valence-corrected chi connectivity index (χ3v) is 7.56. The lowest BCUT2D eigenvalue weighted by atomic mass is 9.73. The van der Waals surface area contributed by atoms with Crippen LogP contribution in [0.5, 0.6) is 5.75 Å². The Kier molecular flexibility index (Phi) is 5.89. The van der Waals surface area contributed by atoms with Gasteiger partial charge in [0, 0.05) is 36.5 Å². The molecule has 2 fully saturated rings. The average Bonchev–Trinajstić information content (AvgIpc) is 3.03. The van der Waals surface area contributed by atoms with Crippen molar-refractivity contribution in [2.24, 2.45) is 18.2 Å². The van der Waals surface area contributed by atoms with Crippen molar-refractivity contribution in [3.8, 4) is 5.75 Å². The minimum absolute atomic E-state index is 0.0140. The monoisotopic (exact) mass is 449 g/mol. The van der Waals surface area contributed by atoms with Crippen LogP contribution in [-0.2, 0) is 11.8 Å². The largest absolute Gasteiger partial charge is 0.494 e. The highest BCUT2D eigenvalue weighted by atomic mass is 32.2. The molecule has 3 heterocycles. The number of halogens is 1. The lowest BCUT2D eigenvalue weighted by Gasteiger charge is -2.41. The molecule has 10 heteroatoms. The standard InChI is InChI=1S/C21H28FN5O3S/c1-12-17(23)21(11-30-12)6-8-27(9-7-21)20-25-18(24)16(19(28)26(20)2)31-13-4-5-15(29-3)14(22)10-13/h4-5,10,12,17H,6-9,11,23-24H2,1-3H3/t12-,17+/m0/s1. The number of nitrogens with two attached hydrogens (primary N) is 2. The summed E-state index contributed by atoms with van der Waals surface area (Å²) < 4.78 is 26.3. The molecule has 0 unspecified atom stereocenters. The van der Waals surface area contributed by atoms with E-state index in [1.165, 1.54) is 23.8 Å². The number of rotatable bonds is 4. The van der Waals surface area contributed by atoms with Crippen LogP contribution in [0.25, 0.3) is 0 Å². The smallest absolute Gasteiger partial charge is 0.270 e. The number of piperidine rings is 1. The van der Waals surface area contributed by atoms with E-state index in [0.717, 1.165) is 37.7 Å². The number of methoxy groups -OCH3 is 1. The first-order valence-electron chi connectivity index (χ1n) is 10.3. The summed E-state index contributed by atoms with van der Waals surface area (Å²) in [6, 6.07) is 4.52. The zero-order chi connectivity index (χ0) is 22.3. The van der Waals surface area contributed by atoms with Gasteiger partial charge in [0.2, 0.25) is 5.95 Å². The van der Waals surface area contributed by atoms with Crippen LogP contribution in [-0.4, -0.2) is 48.5 Å². The molecule has 2 aromatic rings. The molecule has 1 aromatic heterocycles. The minimum Gasteiger partial charge on any atom is -0.494 e. The SMILES string of the molecule is COc1ccc(Sc2c(N)nc(N3CCC4(CC3)CO[C@@H](C)[C@H]4N)n(C)c2=O)cc1F. The molecule has 0 aliphatic carbocycles. The lowest BCUT2D eigenvalue weighted by Crippen LogP contribution is -2.51. The molecular weight excluding hydrogens is 421 g/mol. The molecule has 1 aromatic carbocycles. The summed E-state index contributed by atoms with van der Waals surface area (Å²) in [6.45, 7) is 4.13. The maximum atomic E-state index is 14.0. The van der Waals surface area contributed by atoms with Crippen molar-refractivity contribution < 1.29 is 13.9 Å². The highest BCUT2D eigenvalue weighted by Gasteiger charge is 2.47. The van der Waals surface area contributed by atoms with Crippen molar-refractivity contribution in [3.05, 3.63) is 34.4 Å². The molecule has 0 amide bonds. The van der Waals surface area contributed by atoms with Gasteiger partial charge in [0.25, 0.3) is 5.56 Å². The van der Waals surface area contributed by atoms with E-state index >= 15 is 0 Å². The van der Waals surface area contributed by atoms with Crippen LogP contribution in [0.4, 0.5) is 16.2 Å². The van der Waals surface area contributed by atoms with Crippen molar-refractivity contribution in [2.75, 3.05) is 37.4 Å². The average molecular weight is 450 g/mol. The van der Waals surface area contributed by atoms with Gasteiger partial charge in [0.1, 0.15) is 10.7 Å². The van der Waals surface area contributed by atoms with E-state index < -0.39 is 5.82 Å². The number of nitrogens with zero attached hydrogens (tertiary/aromatic N) is 3. The summed E-state index contributed by atoms with van der Waals surface area (Å²) in [5.74, 6) is 0.304. The number of anilines is 2. The number of hydrogen-bond donors (Lipinski definition) is 2. The molecule has 31 heavy (non-hydrogen) atoms. The maximum absolute atomic E-state index is 14.0. The van der Waals surface area contributed by atoms with E-state index in [0.29, 0.717) is 17.5 Å². The lowest BCUT2D eigenvalue weighted by molar-refractivity contribution is 0.0973. The van der Waals surface area contributed by atoms with Gasteiger partial charge >= 0.3 is 0 Å². The fourth-order valence-corrected chi connectivity index (χ4v) is 5.33. The van der Waals surface area contributed by atoms with Crippen LogP contribution in [0.3, 0.4) is 0 Å². The van der Waals surface area contributed by atoms with Crippen LogP contribution in [0.1, 0.15) is 19.8 Å². The summed E-state index contributed by atoms with van der Waals surface area (Å²) in [5.41, 5.74) is 12.3. The Labute approximate surface area is 184 Å². The van der Waals surface area contributed by atoms with Gasteiger partial charge in [-0.25, -0.2) is 4.39 Å². The van der Waals surface area contributed by atoms with E-state index in [1.54, 1.807) is 13.1 Å². The summed E-state index contributed by atoms with van der Waals surface area (Å²) in [7, 11) is 3.08. The van der Waals surface area contributed by atoms with Crippen molar-refractivity contribution in [2.45, 2.75) is 41.7 Å². The molecule has 4 rings (SSSR count). The Morgan fingerprint density at radius 1 is 1.35 bits per heavy atom. The molecule has 0 saturated carbocycles. The predicted octanol–water partition coefficient (Wildman–Crippen LogP) is 1.99. The zero-order valence-electron chi connectivity index (χ0n) is 17.9. The van der Waals surface area contributed by atoms with Gasteiger partial charge in [-0.05, 0) is 38.0 Å². The topological polar surface area (TPSA) is 109 Å². The van der Waals surface area contributed by atoms with Crippen LogP contribution >= 0.6 is 11.8 Å². The fourth-order valence-electron chi connectivity index (χ4n) is 4.42. The van der Waals surface area contributed by atoms with E-state index in [4.69, 9.17) is 20.9 Å². The highest BCUT2D eigenvalue weighted by molar-refractivity contribution is 7.99. The summed E-state index contributed by atoms with van der Waals surface area (Å²) >= 11 is 1.09. The molecular formula is C21H28FN5O3S. The van der Waals surface area contributed by atoms with E-state index in [2.05, 4.69) is 9.88 Å². The number of hydrogen-bond acceptors (Lipinski definition) is 8. The zero-order valence-corrected chi connectivity index (χ0v) is 18.7. The van der Waals surface area contributed by atoms with Crippen LogP contribution in [0.15, 0.2) is 32.8 Å². The normalized spacial score (nSPS) is 22.8. The Balaban J connectivity index is 1.55. The van der Waals surface area contributed by atoms with Crippen molar-refractivity contribution in [1.82, 2.24) is 9.55 Å². The molecule has 2 atom stereocenters. The van der Waals surface area contributed by atoms with Crippen molar-refractivity contribution in [3.63, 3.8) is 0 Å². The Morgan fingerprint density at radius 3 is 2.65 bits per heavy atom. The summed E-state index contributed by atoms with van der Waals surface area (Å²) in [6.07, 6.45) is 1.80. The van der Waals surface area contributed by atoms with Gasteiger partial charge < -0.3 is 25.8 Å². The van der Waals surface area contributed by atoms with Gasteiger partial charge in [-0.2, -0.15) is 4.98 Å². The molecule has 2 aliphatic rings. The Hall–Kier alpha value is -2.30. The van der Waals surface area contributed by atoms with Crippen LogP contribution in [0.2, 0.25) is 0 Å². The predicted molar refractivity (Wildman–Crippen MR) is 118 cm³/mol. The second-order valence-electron chi connectivity index (χ2n) is 8.28. The summed E-state index contributed by atoms with van der Waals surface area (Å²) in [5, 5.41) is 0. The first kappa shape index (κ1) is 21.9. The van der Waals surface area contributed by atoms with Gasteiger partial charge in [0.15, 0.2) is 11.6 Å². The molecule has 0 bridgehead atoms. The van der Waals surface area contributed by atoms with Crippen molar-refractivity contribution in [1.29, 1.82) is 0 Å². The molecule has 4 N–H and O–H groups in total. The van der Waals surface area contributed by atoms with Crippen molar-refractivity contribution >= 4 is 23.5 Å². The Bertz CT molecular complexity index is 1040. The van der Waals surface area contributed by atoms with Gasteiger partial charge in [-0.3, -0.25) is 9.36 Å². The minimum atomic E-state index is -0.502. The number of ether oxygens (including phenoxy) is 2. The summed E-state index contributed by atoms with van der Waals surface area (Å²) in [4.78, 5) is 20.5. The van der Waals surface area contributed by atoms with Gasteiger partial charge in [-0.1, -0.05) is 11.8 Å². The van der Waals surface area contributed by atoms with Gasteiger partial charge in [0.05, 0.1) is 19.8 Å². The van der Waals surface area contributed by atoms with E-state index in [1.807, 2.05) is 6.92 Å². The molecule has 1 spiro atoms. The molecule has 8 nitrogen and oxygen atoms in total. The third-order valence-electron chi connectivity index (χ3n) is 6.48. The number of nitrogen functional groups attached to an aromatic ring is 1. The van der Waals surface area contributed by atoms with E-state index in [-0.39, 0.29) is 39.6 Å². The molecule has 2 saturated heterocycles. The van der Waals surface area contributed by atoms with Gasteiger partial charge in [-0.15, -0.1) is 0 Å².